The van der Waals surface area contributed by atoms with Crippen molar-refractivity contribution >= 4 is 0 Å². The van der Waals surface area contributed by atoms with Gasteiger partial charge in [0, 0.05) is 13.7 Å². The molecule has 0 aromatic rings. The lowest BCUT2D eigenvalue weighted by atomic mass is 9.81. The van der Waals surface area contributed by atoms with Crippen molar-refractivity contribution in [2.45, 2.75) is 33.1 Å². The third kappa shape index (κ3) is 3.51. The molecule has 76 valence electrons. The van der Waals surface area contributed by atoms with E-state index in [9.17, 15) is 0 Å². The Balaban J connectivity index is 2.29. The number of hydrogen-bond donors (Lipinski definition) is 0. The van der Waals surface area contributed by atoms with Crippen molar-refractivity contribution in [2.75, 3.05) is 13.7 Å². The van der Waals surface area contributed by atoms with Crippen LogP contribution >= 0.6 is 0 Å². The molecule has 1 aliphatic rings. The topological polar surface area (TPSA) is 9.23 Å². The first-order chi connectivity index (χ1) is 6.24. The summed E-state index contributed by atoms with van der Waals surface area (Å²) in [5.41, 5.74) is 0. The largest absolute Gasteiger partial charge is 0.385 e. The van der Waals surface area contributed by atoms with Gasteiger partial charge in [-0.1, -0.05) is 26.0 Å². The predicted octanol–water partition coefficient (Wildman–Crippen LogP) is 3.26. The van der Waals surface area contributed by atoms with Crippen LogP contribution in [0.5, 0.6) is 0 Å². The Hall–Kier alpha value is -0.300. The molecule has 2 atom stereocenters. The quantitative estimate of drug-likeness (QED) is 0.606. The molecule has 0 aromatic heterocycles. The number of ether oxygens (including phenoxy) is 1. The van der Waals surface area contributed by atoms with Crippen LogP contribution in [-0.2, 0) is 4.74 Å². The zero-order valence-corrected chi connectivity index (χ0v) is 9.12. The van der Waals surface area contributed by atoms with Crippen molar-refractivity contribution in [1.82, 2.24) is 0 Å². The minimum absolute atomic E-state index is 0.773. The van der Waals surface area contributed by atoms with Gasteiger partial charge in [-0.3, -0.25) is 0 Å². The standard InChI is InChI=1S/C12H22O/c1-10(2)12-6-4-11(5-7-12)8-9-13-3/h4,6,10-12H,5,7-9H2,1-3H3/t11-,12-/m1/s1. The fraction of sp³-hybridized carbons (Fsp3) is 0.833. The Morgan fingerprint density at radius 1 is 1.31 bits per heavy atom. The van der Waals surface area contributed by atoms with Crippen LogP contribution in [-0.4, -0.2) is 13.7 Å². The Bertz CT molecular complexity index is 161. The monoisotopic (exact) mass is 182 g/mol. The fourth-order valence-electron chi connectivity index (χ4n) is 1.96. The summed E-state index contributed by atoms with van der Waals surface area (Å²) in [5, 5.41) is 0. The summed E-state index contributed by atoms with van der Waals surface area (Å²) in [6, 6.07) is 0. The number of methoxy groups -OCH3 is 1. The summed E-state index contributed by atoms with van der Waals surface area (Å²) in [5.74, 6) is 2.40. The van der Waals surface area contributed by atoms with E-state index in [0.717, 1.165) is 24.4 Å². The number of hydrogen-bond acceptors (Lipinski definition) is 1. The van der Waals surface area contributed by atoms with E-state index in [2.05, 4.69) is 26.0 Å². The summed E-state index contributed by atoms with van der Waals surface area (Å²) >= 11 is 0. The molecule has 0 saturated heterocycles. The second kappa shape index (κ2) is 5.43. The van der Waals surface area contributed by atoms with Gasteiger partial charge in [-0.15, -0.1) is 0 Å². The average molecular weight is 182 g/mol. The van der Waals surface area contributed by atoms with Crippen LogP contribution in [0.3, 0.4) is 0 Å². The van der Waals surface area contributed by atoms with Gasteiger partial charge < -0.3 is 4.74 Å². The van der Waals surface area contributed by atoms with Crippen LogP contribution in [0.1, 0.15) is 33.1 Å². The zero-order valence-electron chi connectivity index (χ0n) is 9.12. The smallest absolute Gasteiger partial charge is 0.0467 e. The molecule has 0 radical (unpaired) electrons. The Morgan fingerprint density at radius 2 is 2.08 bits per heavy atom. The lowest BCUT2D eigenvalue weighted by Gasteiger charge is -2.25. The van der Waals surface area contributed by atoms with Gasteiger partial charge in [0.2, 0.25) is 0 Å². The van der Waals surface area contributed by atoms with Gasteiger partial charge in [0.25, 0.3) is 0 Å². The molecule has 0 bridgehead atoms. The maximum Gasteiger partial charge on any atom is 0.0467 e. The first kappa shape index (κ1) is 10.8. The van der Waals surface area contributed by atoms with Gasteiger partial charge in [0.15, 0.2) is 0 Å². The molecule has 0 amide bonds. The zero-order chi connectivity index (χ0) is 9.68. The average Bonchev–Trinajstić information content (AvgIpc) is 2.15. The minimum Gasteiger partial charge on any atom is -0.385 e. The van der Waals surface area contributed by atoms with E-state index in [-0.39, 0.29) is 0 Å². The van der Waals surface area contributed by atoms with Crippen LogP contribution in [0.2, 0.25) is 0 Å². The first-order valence-corrected chi connectivity index (χ1v) is 5.41. The number of allylic oxidation sites excluding steroid dienone is 2. The Morgan fingerprint density at radius 3 is 2.54 bits per heavy atom. The molecule has 0 fully saturated rings. The molecule has 0 saturated carbocycles. The maximum atomic E-state index is 5.08. The summed E-state index contributed by atoms with van der Waals surface area (Å²) in [7, 11) is 1.78. The van der Waals surface area contributed by atoms with Crippen molar-refractivity contribution in [2.24, 2.45) is 17.8 Å². The van der Waals surface area contributed by atoms with Gasteiger partial charge in [-0.05, 0) is 37.0 Å². The highest BCUT2D eigenvalue weighted by Crippen LogP contribution is 2.28. The summed E-state index contributed by atoms with van der Waals surface area (Å²) in [6.45, 7) is 5.52. The van der Waals surface area contributed by atoms with E-state index in [1.807, 2.05) is 0 Å². The van der Waals surface area contributed by atoms with Crippen molar-refractivity contribution in [3.8, 4) is 0 Å². The maximum absolute atomic E-state index is 5.08. The fourth-order valence-corrected chi connectivity index (χ4v) is 1.96. The van der Waals surface area contributed by atoms with Crippen molar-refractivity contribution in [3.05, 3.63) is 12.2 Å². The van der Waals surface area contributed by atoms with Crippen molar-refractivity contribution in [3.63, 3.8) is 0 Å². The third-order valence-electron chi connectivity index (χ3n) is 3.05. The normalized spacial score (nSPS) is 28.3. The lowest BCUT2D eigenvalue weighted by Crippen LogP contribution is -2.14. The van der Waals surface area contributed by atoms with E-state index < -0.39 is 0 Å². The van der Waals surface area contributed by atoms with Crippen LogP contribution in [0.25, 0.3) is 0 Å². The molecule has 1 nitrogen and oxygen atoms in total. The highest BCUT2D eigenvalue weighted by Gasteiger charge is 2.17. The highest BCUT2D eigenvalue weighted by molar-refractivity contribution is 4.98. The van der Waals surface area contributed by atoms with E-state index >= 15 is 0 Å². The highest BCUT2D eigenvalue weighted by atomic mass is 16.5. The van der Waals surface area contributed by atoms with Gasteiger partial charge >= 0.3 is 0 Å². The van der Waals surface area contributed by atoms with Crippen LogP contribution < -0.4 is 0 Å². The molecular formula is C12H22O. The minimum atomic E-state index is 0.773. The number of rotatable bonds is 4. The van der Waals surface area contributed by atoms with E-state index in [0.29, 0.717) is 0 Å². The predicted molar refractivity (Wildman–Crippen MR) is 56.7 cm³/mol. The molecule has 0 unspecified atom stereocenters. The summed E-state index contributed by atoms with van der Waals surface area (Å²) < 4.78 is 5.08. The molecule has 1 heteroatoms. The van der Waals surface area contributed by atoms with E-state index in [1.54, 1.807) is 7.11 Å². The molecule has 0 spiro atoms. The van der Waals surface area contributed by atoms with Crippen LogP contribution in [0.15, 0.2) is 12.2 Å². The van der Waals surface area contributed by atoms with Crippen molar-refractivity contribution < 1.29 is 4.74 Å². The second-order valence-corrected chi connectivity index (χ2v) is 4.41. The summed E-state index contributed by atoms with van der Waals surface area (Å²) in [6.07, 6.45) is 8.71. The molecular weight excluding hydrogens is 160 g/mol. The second-order valence-electron chi connectivity index (χ2n) is 4.41. The lowest BCUT2D eigenvalue weighted by molar-refractivity contribution is 0.179. The third-order valence-corrected chi connectivity index (χ3v) is 3.05. The van der Waals surface area contributed by atoms with Gasteiger partial charge in [0.05, 0.1) is 0 Å². The molecule has 0 heterocycles. The van der Waals surface area contributed by atoms with Crippen LogP contribution in [0.4, 0.5) is 0 Å². The first-order valence-electron chi connectivity index (χ1n) is 5.41. The van der Waals surface area contributed by atoms with E-state index in [4.69, 9.17) is 4.74 Å². The van der Waals surface area contributed by atoms with Crippen LogP contribution in [0, 0.1) is 17.8 Å². The molecule has 1 aliphatic carbocycles. The molecule has 13 heavy (non-hydrogen) atoms. The van der Waals surface area contributed by atoms with Crippen molar-refractivity contribution in [1.29, 1.82) is 0 Å². The molecule has 0 aliphatic heterocycles. The molecule has 0 aromatic carbocycles. The molecule has 1 rings (SSSR count). The SMILES string of the molecule is COCC[C@@H]1C=C[C@@H](C(C)C)CC1. The van der Waals surface area contributed by atoms with Gasteiger partial charge in [-0.25, -0.2) is 0 Å². The van der Waals surface area contributed by atoms with E-state index in [1.165, 1.54) is 19.3 Å². The Labute approximate surface area is 82.2 Å². The van der Waals surface area contributed by atoms with Gasteiger partial charge in [0.1, 0.15) is 0 Å². The molecule has 0 N–H and O–H groups in total. The Kier molecular flexibility index (Phi) is 4.51. The summed E-state index contributed by atoms with van der Waals surface area (Å²) in [4.78, 5) is 0. The van der Waals surface area contributed by atoms with Gasteiger partial charge in [-0.2, -0.15) is 0 Å².